The number of hydrogen-bond acceptors (Lipinski definition) is 11. The predicted molar refractivity (Wildman–Crippen MR) is 160 cm³/mol. The van der Waals surface area contributed by atoms with Gasteiger partial charge in [0.15, 0.2) is 23.8 Å². The van der Waals surface area contributed by atoms with E-state index in [-0.39, 0.29) is 36.0 Å². The number of anilines is 1. The van der Waals surface area contributed by atoms with Gasteiger partial charge in [-0.15, -0.1) is 0 Å². The zero-order valence-electron chi connectivity index (χ0n) is 24.7. The molecule has 1 saturated carbocycles. The lowest BCUT2D eigenvalue weighted by Crippen LogP contribution is -2.43. The summed E-state index contributed by atoms with van der Waals surface area (Å²) in [5.74, 6) is 6.20. The molecule has 2 aliphatic heterocycles. The molecule has 14 nitrogen and oxygen atoms in total. The Morgan fingerprint density at radius 2 is 1.84 bits per heavy atom. The zero-order valence-corrected chi connectivity index (χ0v) is 24.7. The minimum absolute atomic E-state index is 0.0809. The van der Waals surface area contributed by atoms with Gasteiger partial charge in [0, 0.05) is 25.6 Å². The molecule has 2 saturated heterocycles. The second-order valence-electron chi connectivity index (χ2n) is 11.6. The average Bonchev–Trinajstić information content (AvgIpc) is 3.68. The van der Waals surface area contributed by atoms with Gasteiger partial charge >= 0.3 is 6.09 Å². The van der Waals surface area contributed by atoms with E-state index >= 15 is 0 Å². The number of piperidine rings is 1. The van der Waals surface area contributed by atoms with Crippen LogP contribution in [-0.2, 0) is 25.6 Å². The number of likely N-dealkylation sites (tertiary alicyclic amines) is 1. The Hall–Kier alpha value is -4.29. The molecule has 4 heterocycles. The highest BCUT2D eigenvalue weighted by molar-refractivity contribution is 5.83. The minimum atomic E-state index is -1.42. The van der Waals surface area contributed by atoms with Crippen LogP contribution >= 0.6 is 0 Å². The van der Waals surface area contributed by atoms with Crippen molar-refractivity contribution in [2.45, 2.75) is 69.3 Å². The van der Waals surface area contributed by atoms with Crippen LogP contribution in [0.1, 0.15) is 49.7 Å². The summed E-state index contributed by atoms with van der Waals surface area (Å²) in [4.78, 5) is 39.7. The first-order valence-electron chi connectivity index (χ1n) is 15.2. The summed E-state index contributed by atoms with van der Waals surface area (Å²) >= 11 is 0. The highest BCUT2D eigenvalue weighted by Crippen LogP contribution is 2.33. The van der Waals surface area contributed by atoms with Gasteiger partial charge in [-0.1, -0.05) is 36.3 Å². The molecule has 238 valence electrons. The van der Waals surface area contributed by atoms with Gasteiger partial charge in [-0.2, -0.15) is 0 Å². The molecule has 0 spiro atoms. The van der Waals surface area contributed by atoms with Crippen molar-refractivity contribution >= 4 is 29.0 Å². The van der Waals surface area contributed by atoms with Gasteiger partial charge in [0.05, 0.1) is 19.5 Å². The molecule has 0 radical (unpaired) electrons. The molecular formula is C31H37N7O7. The van der Waals surface area contributed by atoms with Crippen molar-refractivity contribution in [2.75, 3.05) is 32.0 Å². The molecule has 45 heavy (non-hydrogen) atoms. The van der Waals surface area contributed by atoms with E-state index in [4.69, 9.17) is 19.9 Å². The van der Waals surface area contributed by atoms with E-state index in [0.29, 0.717) is 44.2 Å². The van der Waals surface area contributed by atoms with E-state index < -0.39 is 30.4 Å². The lowest BCUT2D eigenvalue weighted by Gasteiger charge is -2.30. The summed E-state index contributed by atoms with van der Waals surface area (Å²) in [6.45, 7) is 2.18. The van der Waals surface area contributed by atoms with Gasteiger partial charge in [0.25, 0.3) is 5.91 Å². The van der Waals surface area contributed by atoms with Crippen LogP contribution in [0.3, 0.4) is 0 Å². The normalized spacial score (nSPS) is 23.5. The van der Waals surface area contributed by atoms with Crippen molar-refractivity contribution in [1.29, 1.82) is 0 Å². The van der Waals surface area contributed by atoms with E-state index in [9.17, 15) is 19.8 Å². The van der Waals surface area contributed by atoms with Crippen LogP contribution in [0.2, 0.25) is 0 Å². The third kappa shape index (κ3) is 7.34. The molecular weight excluding hydrogens is 582 g/mol. The number of hydrogen-bond donors (Lipinski definition) is 4. The molecule has 14 heteroatoms. The zero-order chi connectivity index (χ0) is 31.3. The van der Waals surface area contributed by atoms with Gasteiger partial charge < -0.3 is 40.4 Å². The molecule has 1 unspecified atom stereocenters. The average molecular weight is 620 g/mol. The monoisotopic (exact) mass is 619 g/mol. The molecule has 1 aromatic carbocycles. The highest BCUT2D eigenvalue weighted by Gasteiger charge is 2.48. The lowest BCUT2D eigenvalue weighted by atomic mass is 9.94. The van der Waals surface area contributed by atoms with Crippen molar-refractivity contribution in [3.63, 3.8) is 0 Å². The minimum Gasteiger partial charge on any atom is -0.447 e. The molecule has 3 aromatic rings. The fourth-order valence-electron chi connectivity index (χ4n) is 5.43. The summed E-state index contributed by atoms with van der Waals surface area (Å²) < 4.78 is 18.1. The van der Waals surface area contributed by atoms with Gasteiger partial charge in [0.1, 0.15) is 24.3 Å². The summed E-state index contributed by atoms with van der Waals surface area (Å²) in [6, 6.07) is 9.90. The summed E-state index contributed by atoms with van der Waals surface area (Å²) in [7, 11) is 0. The quantitative estimate of drug-likeness (QED) is 0.199. The molecule has 3 aliphatic rings. The van der Waals surface area contributed by atoms with Crippen molar-refractivity contribution < 1.29 is 34.0 Å². The van der Waals surface area contributed by atoms with Crippen LogP contribution in [0.4, 0.5) is 10.6 Å². The van der Waals surface area contributed by atoms with Gasteiger partial charge in [0.2, 0.25) is 5.82 Å². The maximum Gasteiger partial charge on any atom is 0.409 e. The van der Waals surface area contributed by atoms with Crippen LogP contribution in [0.15, 0.2) is 36.7 Å². The van der Waals surface area contributed by atoms with E-state index in [1.165, 1.54) is 10.9 Å². The standard InChI is InChI=1S/C31H37N7O7/c32-27-23-28(38(18-33-23)30-25(40)24(39)26(45-30)29(41)34-21-9-10-21)36-22(35-27)8-4-7-19-11-13-37(14-12-19)31(42)44-16-15-43-17-20-5-2-1-3-6-20/h1-3,5-6,18-19,21,24-26,30,39-40H,7,9-17H2,(H,34,41)(H2,32,35,36)/t24?,25-,26-,30+/m0/s1. The number of ether oxygens (including phenoxy) is 3. The highest BCUT2D eigenvalue weighted by atomic mass is 16.6. The van der Waals surface area contributed by atoms with Crippen molar-refractivity contribution in [2.24, 2.45) is 5.92 Å². The number of benzene rings is 1. The molecule has 5 N–H and O–H groups in total. The summed E-state index contributed by atoms with van der Waals surface area (Å²) in [6.07, 6.45) is -0.166. The van der Waals surface area contributed by atoms with E-state index in [2.05, 4.69) is 32.1 Å². The van der Waals surface area contributed by atoms with Gasteiger partial charge in [-0.3, -0.25) is 9.36 Å². The van der Waals surface area contributed by atoms with Gasteiger partial charge in [-0.25, -0.2) is 19.7 Å². The Kier molecular flexibility index (Phi) is 9.41. The number of carbonyl (C=O) groups is 2. The van der Waals surface area contributed by atoms with E-state index in [1.807, 2.05) is 30.3 Å². The fourth-order valence-corrected chi connectivity index (χ4v) is 5.43. The fraction of sp³-hybridized carbons (Fsp3) is 0.516. The number of nitrogens with zero attached hydrogens (tertiary/aromatic N) is 5. The number of fused-ring (bicyclic) bond motifs is 1. The molecule has 2 aromatic heterocycles. The number of nitrogen functional groups attached to an aromatic ring is 1. The number of aliphatic hydroxyl groups excluding tert-OH is 2. The van der Waals surface area contributed by atoms with Crippen molar-refractivity contribution in [3.05, 3.63) is 48.0 Å². The van der Waals surface area contributed by atoms with Crippen LogP contribution in [0.25, 0.3) is 11.2 Å². The maximum atomic E-state index is 12.5. The number of aliphatic hydroxyl groups is 2. The third-order valence-electron chi connectivity index (χ3n) is 8.17. The Bertz CT molecular complexity index is 1560. The van der Waals surface area contributed by atoms with Crippen LogP contribution in [-0.4, -0.2) is 97.3 Å². The topological polar surface area (TPSA) is 187 Å². The first-order valence-corrected chi connectivity index (χ1v) is 15.2. The first-order chi connectivity index (χ1) is 21.9. The molecule has 1 aliphatic carbocycles. The Labute approximate surface area is 259 Å². The number of amides is 2. The number of aromatic nitrogens is 4. The van der Waals surface area contributed by atoms with E-state index in [1.54, 1.807) is 4.90 Å². The molecule has 6 rings (SSSR count). The second kappa shape index (κ2) is 13.8. The Morgan fingerprint density at radius 1 is 1.07 bits per heavy atom. The van der Waals surface area contributed by atoms with E-state index in [0.717, 1.165) is 31.2 Å². The molecule has 0 bridgehead atoms. The summed E-state index contributed by atoms with van der Waals surface area (Å²) in [5.41, 5.74) is 7.76. The third-order valence-corrected chi connectivity index (χ3v) is 8.17. The van der Waals surface area contributed by atoms with Crippen LogP contribution in [0, 0.1) is 17.8 Å². The number of nitrogens with one attached hydrogen (secondary N) is 1. The predicted octanol–water partition coefficient (Wildman–Crippen LogP) is 1.11. The van der Waals surface area contributed by atoms with Crippen molar-refractivity contribution in [1.82, 2.24) is 29.7 Å². The Balaban J connectivity index is 0.990. The van der Waals surface area contributed by atoms with Crippen LogP contribution < -0.4 is 11.1 Å². The number of carbonyl (C=O) groups excluding carboxylic acids is 2. The van der Waals surface area contributed by atoms with Gasteiger partial charge in [-0.05, 0) is 43.1 Å². The lowest BCUT2D eigenvalue weighted by molar-refractivity contribution is -0.137. The van der Waals surface area contributed by atoms with Crippen molar-refractivity contribution in [3.8, 4) is 11.8 Å². The number of imidazole rings is 1. The smallest absolute Gasteiger partial charge is 0.409 e. The summed E-state index contributed by atoms with van der Waals surface area (Å²) in [5, 5.41) is 24.0. The first kappa shape index (κ1) is 30.7. The Morgan fingerprint density at radius 3 is 2.60 bits per heavy atom. The number of rotatable bonds is 9. The molecule has 2 amide bonds. The number of nitrogens with two attached hydrogens (primary N) is 1. The second-order valence-corrected chi connectivity index (χ2v) is 11.6. The SMILES string of the molecule is Nc1nc(C#CCC2CCN(C(=O)OCCOCc3ccccc3)CC2)nc2c1ncn2[C@@H]1O[C@H](C(=O)NC2CC2)C(O)[C@@H]1O. The molecule has 3 fully saturated rings. The van der Waals surface area contributed by atoms with Crippen LogP contribution in [0.5, 0.6) is 0 Å². The largest absolute Gasteiger partial charge is 0.447 e. The molecule has 4 atom stereocenters. The maximum absolute atomic E-state index is 12.5.